The molecule has 14 heavy (non-hydrogen) atoms. The van der Waals surface area contributed by atoms with Crippen LogP contribution in [0.25, 0.3) is 0 Å². The van der Waals surface area contributed by atoms with Crippen molar-refractivity contribution in [2.45, 2.75) is 6.92 Å². The smallest absolute Gasteiger partial charge is 0.404 e. The van der Waals surface area contributed by atoms with Gasteiger partial charge in [-0.25, -0.2) is 14.6 Å². The van der Waals surface area contributed by atoms with Crippen LogP contribution in [-0.2, 0) is 0 Å². The van der Waals surface area contributed by atoms with Gasteiger partial charge in [0, 0.05) is 25.5 Å². The van der Waals surface area contributed by atoms with Gasteiger partial charge in [-0.15, -0.1) is 0 Å². The molecule has 0 aromatic heterocycles. The number of urea groups is 1. The number of aliphatic imine (C=N–C) groups is 1. The number of nitrogens with zero attached hydrogens (tertiary/aromatic N) is 2. The van der Waals surface area contributed by atoms with Crippen LogP contribution in [0.1, 0.15) is 6.92 Å². The van der Waals surface area contributed by atoms with Crippen molar-refractivity contribution < 1.29 is 14.7 Å². The van der Waals surface area contributed by atoms with Crippen LogP contribution >= 0.6 is 0 Å². The molecule has 0 bridgehead atoms. The summed E-state index contributed by atoms with van der Waals surface area (Å²) >= 11 is 0. The Labute approximate surface area is 81.9 Å². The first-order valence-electron chi connectivity index (χ1n) is 4.00. The van der Waals surface area contributed by atoms with Crippen molar-refractivity contribution in [3.05, 3.63) is 12.8 Å². The maximum atomic E-state index is 11.1. The second-order valence-electron chi connectivity index (χ2n) is 2.28. The molecule has 0 aliphatic carbocycles. The van der Waals surface area contributed by atoms with E-state index in [0.717, 1.165) is 0 Å². The van der Waals surface area contributed by atoms with Crippen LogP contribution in [0.15, 0.2) is 17.8 Å². The highest BCUT2D eigenvalue weighted by molar-refractivity contribution is 5.83. The fourth-order valence-electron chi connectivity index (χ4n) is 0.733. The monoisotopic (exact) mass is 199 g/mol. The Hall–Kier alpha value is -1.85. The predicted octanol–water partition coefficient (Wildman–Crippen LogP) is 0.910. The Morgan fingerprint density at radius 1 is 1.64 bits per heavy atom. The molecular formula is C8H13N3O3. The number of rotatable bonds is 4. The highest BCUT2D eigenvalue weighted by Gasteiger charge is 2.07. The summed E-state index contributed by atoms with van der Waals surface area (Å²) in [6, 6.07) is -0.463. The Morgan fingerprint density at radius 3 is 2.71 bits per heavy atom. The number of hydrogen-bond donors (Lipinski definition) is 2. The molecule has 0 aromatic rings. The summed E-state index contributed by atoms with van der Waals surface area (Å²) in [6.45, 7) is 5.40. The Bertz CT molecular complexity index is 250. The van der Waals surface area contributed by atoms with Gasteiger partial charge in [0.15, 0.2) is 0 Å². The minimum Gasteiger partial charge on any atom is -0.465 e. The molecule has 0 unspecified atom stereocenters. The molecule has 0 aliphatic heterocycles. The number of hydrogen-bond acceptors (Lipinski definition) is 2. The van der Waals surface area contributed by atoms with E-state index in [-0.39, 0.29) is 13.1 Å². The lowest BCUT2D eigenvalue weighted by molar-refractivity contribution is 0.192. The topological polar surface area (TPSA) is 82.0 Å². The van der Waals surface area contributed by atoms with Crippen LogP contribution in [0, 0.1) is 0 Å². The summed E-state index contributed by atoms with van der Waals surface area (Å²) < 4.78 is 0. The van der Waals surface area contributed by atoms with E-state index in [1.54, 1.807) is 6.92 Å². The van der Waals surface area contributed by atoms with Crippen molar-refractivity contribution in [3.8, 4) is 0 Å². The van der Waals surface area contributed by atoms with Gasteiger partial charge in [0.2, 0.25) is 0 Å². The van der Waals surface area contributed by atoms with E-state index in [9.17, 15) is 9.59 Å². The summed E-state index contributed by atoms with van der Waals surface area (Å²) in [5.74, 6) is 0. The molecular weight excluding hydrogens is 186 g/mol. The Morgan fingerprint density at radius 2 is 2.29 bits per heavy atom. The van der Waals surface area contributed by atoms with Crippen LogP contribution in [0.3, 0.4) is 0 Å². The highest BCUT2D eigenvalue weighted by Crippen LogP contribution is 1.92. The average Bonchev–Trinajstić information content (AvgIpc) is 2.12. The normalized spacial score (nSPS) is 9.79. The van der Waals surface area contributed by atoms with Gasteiger partial charge in [-0.1, -0.05) is 6.58 Å². The molecule has 0 spiro atoms. The first-order chi connectivity index (χ1) is 6.61. The summed E-state index contributed by atoms with van der Waals surface area (Å²) in [5.41, 5.74) is 0. The molecule has 0 saturated carbocycles. The zero-order valence-electron chi connectivity index (χ0n) is 7.93. The fraction of sp³-hybridized carbons (Fsp3) is 0.375. The van der Waals surface area contributed by atoms with E-state index < -0.39 is 12.1 Å². The largest absolute Gasteiger partial charge is 0.465 e. The number of carbonyl (C=O) groups is 2. The van der Waals surface area contributed by atoms with Gasteiger partial charge in [0.05, 0.1) is 0 Å². The van der Waals surface area contributed by atoms with Gasteiger partial charge in [0.25, 0.3) is 0 Å². The second kappa shape index (κ2) is 6.64. The van der Waals surface area contributed by atoms with Crippen molar-refractivity contribution in [1.82, 2.24) is 10.2 Å². The lowest BCUT2D eigenvalue weighted by Gasteiger charge is -2.14. The summed E-state index contributed by atoms with van der Waals surface area (Å²) in [6.07, 6.45) is 1.54. The highest BCUT2D eigenvalue weighted by atomic mass is 16.4. The van der Waals surface area contributed by atoms with Crippen molar-refractivity contribution >= 4 is 18.3 Å². The summed E-state index contributed by atoms with van der Waals surface area (Å²) in [5, 5.41) is 10.4. The van der Waals surface area contributed by atoms with Crippen molar-refractivity contribution in [2.24, 2.45) is 4.99 Å². The zero-order valence-corrected chi connectivity index (χ0v) is 7.93. The third kappa shape index (κ3) is 4.91. The van der Waals surface area contributed by atoms with Crippen molar-refractivity contribution in [2.75, 3.05) is 13.1 Å². The maximum Gasteiger partial charge on any atom is 0.404 e. The van der Waals surface area contributed by atoms with E-state index in [4.69, 9.17) is 5.11 Å². The molecule has 0 aromatic carbocycles. The van der Waals surface area contributed by atoms with Crippen molar-refractivity contribution in [1.29, 1.82) is 0 Å². The van der Waals surface area contributed by atoms with Gasteiger partial charge < -0.3 is 10.4 Å². The first kappa shape index (κ1) is 12.2. The third-order valence-electron chi connectivity index (χ3n) is 1.33. The number of carboxylic acid groups (broad SMARTS) is 1. The van der Waals surface area contributed by atoms with Gasteiger partial charge in [-0.05, 0) is 6.92 Å². The van der Waals surface area contributed by atoms with Crippen LogP contribution in [0.4, 0.5) is 9.59 Å². The Balaban J connectivity index is 3.96. The van der Waals surface area contributed by atoms with Gasteiger partial charge >= 0.3 is 12.1 Å². The quantitative estimate of drug-likeness (QED) is 0.660. The summed E-state index contributed by atoms with van der Waals surface area (Å²) in [7, 11) is 0. The molecule has 0 heterocycles. The molecule has 3 amide bonds. The summed E-state index contributed by atoms with van der Waals surface area (Å²) in [4.78, 5) is 26.0. The van der Waals surface area contributed by atoms with E-state index in [1.165, 1.54) is 17.3 Å². The molecule has 0 radical (unpaired) electrons. The minimum atomic E-state index is -1.12. The fourth-order valence-corrected chi connectivity index (χ4v) is 0.733. The van der Waals surface area contributed by atoms with Crippen LogP contribution in [0.5, 0.6) is 0 Å². The minimum absolute atomic E-state index is 0.145. The molecule has 0 atom stereocenters. The zero-order chi connectivity index (χ0) is 11.0. The molecule has 2 N–H and O–H groups in total. The number of nitrogens with one attached hydrogen (secondary N) is 1. The van der Waals surface area contributed by atoms with Gasteiger partial charge in [-0.3, -0.25) is 4.90 Å². The van der Waals surface area contributed by atoms with E-state index in [0.29, 0.717) is 0 Å². The van der Waals surface area contributed by atoms with E-state index in [1.807, 2.05) is 0 Å². The molecule has 0 aliphatic rings. The average molecular weight is 199 g/mol. The van der Waals surface area contributed by atoms with E-state index in [2.05, 4.69) is 16.9 Å². The molecule has 6 heteroatoms. The predicted molar refractivity (Wildman–Crippen MR) is 52.5 cm³/mol. The second-order valence-corrected chi connectivity index (χ2v) is 2.28. The SMILES string of the molecule is C=CN(CCNC(=O)O)C(=O)N=CC. The van der Waals surface area contributed by atoms with Crippen LogP contribution in [-0.4, -0.2) is 41.4 Å². The lowest BCUT2D eigenvalue weighted by Crippen LogP contribution is -2.33. The lowest BCUT2D eigenvalue weighted by atomic mass is 10.5. The third-order valence-corrected chi connectivity index (χ3v) is 1.33. The van der Waals surface area contributed by atoms with Gasteiger partial charge in [0.1, 0.15) is 0 Å². The van der Waals surface area contributed by atoms with Crippen LogP contribution < -0.4 is 5.32 Å². The number of carbonyl (C=O) groups excluding carboxylic acids is 1. The maximum absolute atomic E-state index is 11.1. The van der Waals surface area contributed by atoms with Crippen LogP contribution in [0.2, 0.25) is 0 Å². The standard InChI is InChI=1S/C8H13N3O3/c1-3-9-7(12)11(4-2)6-5-10-8(13)14/h3-4,10H,2,5-6H2,1H3,(H,13,14). The molecule has 0 saturated heterocycles. The number of amides is 3. The first-order valence-corrected chi connectivity index (χ1v) is 4.00. The molecule has 78 valence electrons. The van der Waals surface area contributed by atoms with E-state index >= 15 is 0 Å². The Kier molecular flexibility index (Phi) is 5.77. The van der Waals surface area contributed by atoms with Crippen molar-refractivity contribution in [3.63, 3.8) is 0 Å². The van der Waals surface area contributed by atoms with Gasteiger partial charge in [-0.2, -0.15) is 0 Å². The molecule has 0 rings (SSSR count). The molecule has 6 nitrogen and oxygen atoms in total. The molecule has 0 fully saturated rings.